The molecule has 7 nitrogen and oxygen atoms in total. The van der Waals surface area contributed by atoms with E-state index in [4.69, 9.17) is 0 Å². The normalized spacial score (nSPS) is 19.7. The van der Waals surface area contributed by atoms with Crippen molar-refractivity contribution in [3.63, 3.8) is 0 Å². The number of guanidine groups is 1. The summed E-state index contributed by atoms with van der Waals surface area (Å²) in [5, 5.41) is 6.52. The Morgan fingerprint density at radius 2 is 2.14 bits per heavy atom. The van der Waals surface area contributed by atoms with E-state index in [9.17, 15) is 9.59 Å². The van der Waals surface area contributed by atoms with Crippen LogP contribution in [0.1, 0.15) is 26.7 Å². The molecule has 21 heavy (non-hydrogen) atoms. The Hall–Kier alpha value is -1.79. The molecule has 0 radical (unpaired) electrons. The van der Waals surface area contributed by atoms with Crippen molar-refractivity contribution in [3.8, 4) is 0 Å². The van der Waals surface area contributed by atoms with Gasteiger partial charge in [-0.15, -0.1) is 0 Å². The highest BCUT2D eigenvalue weighted by atomic mass is 16.2. The van der Waals surface area contributed by atoms with E-state index in [2.05, 4.69) is 15.6 Å². The summed E-state index contributed by atoms with van der Waals surface area (Å²) in [6.07, 6.45) is 1.32. The predicted molar refractivity (Wildman–Crippen MR) is 83.1 cm³/mol. The second-order valence-electron chi connectivity index (χ2n) is 5.91. The van der Waals surface area contributed by atoms with E-state index in [0.717, 1.165) is 6.42 Å². The minimum absolute atomic E-state index is 0.0456. The Morgan fingerprint density at radius 3 is 2.67 bits per heavy atom. The molecule has 0 aliphatic carbocycles. The fourth-order valence-corrected chi connectivity index (χ4v) is 2.02. The van der Waals surface area contributed by atoms with Crippen LogP contribution >= 0.6 is 0 Å². The summed E-state index contributed by atoms with van der Waals surface area (Å²) in [5.74, 6) is 0.745. The Balaban J connectivity index is 2.63. The van der Waals surface area contributed by atoms with Crippen LogP contribution < -0.4 is 10.6 Å². The van der Waals surface area contributed by atoms with Crippen LogP contribution in [0.15, 0.2) is 4.99 Å². The van der Waals surface area contributed by atoms with Gasteiger partial charge in [0, 0.05) is 46.2 Å². The molecule has 0 bridgehead atoms. The number of hydrogen-bond donors (Lipinski definition) is 2. The first-order chi connectivity index (χ1) is 9.79. The van der Waals surface area contributed by atoms with Gasteiger partial charge in [-0.25, -0.2) is 4.99 Å². The molecule has 0 aromatic rings. The van der Waals surface area contributed by atoms with E-state index < -0.39 is 0 Å². The molecular weight excluding hydrogens is 270 g/mol. The van der Waals surface area contributed by atoms with E-state index >= 15 is 0 Å². The van der Waals surface area contributed by atoms with E-state index in [1.807, 2.05) is 13.8 Å². The van der Waals surface area contributed by atoms with Gasteiger partial charge in [0.05, 0.1) is 0 Å². The van der Waals surface area contributed by atoms with Crippen molar-refractivity contribution in [2.24, 2.45) is 4.99 Å². The van der Waals surface area contributed by atoms with Gasteiger partial charge in [-0.3, -0.25) is 9.59 Å². The number of likely N-dealkylation sites (tertiary alicyclic amines) is 1. The van der Waals surface area contributed by atoms with Gasteiger partial charge in [0.2, 0.25) is 11.8 Å². The summed E-state index contributed by atoms with van der Waals surface area (Å²) in [5.41, 5.74) is 0. The smallest absolute Gasteiger partial charge is 0.243 e. The second kappa shape index (κ2) is 7.85. The largest absolute Gasteiger partial charge is 0.354 e. The third-order valence-electron chi connectivity index (χ3n) is 3.26. The highest BCUT2D eigenvalue weighted by Gasteiger charge is 2.23. The average molecular weight is 297 g/mol. The summed E-state index contributed by atoms with van der Waals surface area (Å²) in [6.45, 7) is 4.79. The molecule has 1 rings (SSSR count). The van der Waals surface area contributed by atoms with E-state index in [-0.39, 0.29) is 30.4 Å². The minimum atomic E-state index is -0.0456. The standard InChI is InChI=1S/C14H27N5O2/c1-10(2)16-14(15-8-13(21)18(3)4)17-11-6-7-12(20)19(5)9-11/h10-11H,6-9H2,1-5H3,(H2,15,16,17). The number of amides is 2. The van der Waals surface area contributed by atoms with Crippen LogP contribution in [0.4, 0.5) is 0 Å². The van der Waals surface area contributed by atoms with Gasteiger partial charge in [-0.1, -0.05) is 0 Å². The molecule has 1 fully saturated rings. The molecule has 2 N–H and O–H groups in total. The number of hydrogen-bond acceptors (Lipinski definition) is 3. The molecule has 0 aromatic carbocycles. The third kappa shape index (κ3) is 6.01. The summed E-state index contributed by atoms with van der Waals surface area (Å²) in [4.78, 5) is 30.7. The fourth-order valence-electron chi connectivity index (χ4n) is 2.02. The van der Waals surface area contributed by atoms with Crippen molar-refractivity contribution >= 4 is 17.8 Å². The number of aliphatic imine (C=N–C) groups is 1. The number of likely N-dealkylation sites (N-methyl/N-ethyl adjacent to an activating group) is 2. The van der Waals surface area contributed by atoms with Crippen LogP contribution in [-0.2, 0) is 9.59 Å². The lowest BCUT2D eigenvalue weighted by atomic mass is 10.1. The number of carbonyl (C=O) groups is 2. The maximum absolute atomic E-state index is 11.6. The molecule has 1 heterocycles. The zero-order chi connectivity index (χ0) is 16.0. The van der Waals surface area contributed by atoms with Gasteiger partial charge in [0.1, 0.15) is 6.54 Å². The summed E-state index contributed by atoms with van der Waals surface area (Å²) < 4.78 is 0. The molecule has 1 unspecified atom stereocenters. The lowest BCUT2D eigenvalue weighted by Crippen LogP contribution is -2.53. The molecule has 0 aromatic heterocycles. The summed E-state index contributed by atoms with van der Waals surface area (Å²) in [7, 11) is 5.23. The Morgan fingerprint density at radius 1 is 1.48 bits per heavy atom. The van der Waals surface area contributed by atoms with Crippen molar-refractivity contribution < 1.29 is 9.59 Å². The molecular formula is C14H27N5O2. The van der Waals surface area contributed by atoms with Crippen LogP contribution in [0.25, 0.3) is 0 Å². The molecule has 120 valence electrons. The highest BCUT2D eigenvalue weighted by Crippen LogP contribution is 2.09. The number of nitrogens with one attached hydrogen (secondary N) is 2. The number of piperidine rings is 1. The predicted octanol–water partition coefficient (Wildman–Crippen LogP) is -0.361. The van der Waals surface area contributed by atoms with Gasteiger partial charge in [-0.05, 0) is 20.3 Å². The van der Waals surface area contributed by atoms with Crippen molar-refractivity contribution in [1.29, 1.82) is 0 Å². The maximum atomic E-state index is 11.6. The van der Waals surface area contributed by atoms with Crippen LogP contribution in [0.2, 0.25) is 0 Å². The Bertz CT molecular complexity index is 406. The van der Waals surface area contributed by atoms with E-state index in [0.29, 0.717) is 18.9 Å². The van der Waals surface area contributed by atoms with Crippen LogP contribution in [0.5, 0.6) is 0 Å². The fraction of sp³-hybridized carbons (Fsp3) is 0.786. The third-order valence-corrected chi connectivity index (χ3v) is 3.26. The second-order valence-corrected chi connectivity index (χ2v) is 5.91. The average Bonchev–Trinajstić information content (AvgIpc) is 2.39. The molecule has 1 aliphatic rings. The van der Waals surface area contributed by atoms with Gasteiger partial charge in [-0.2, -0.15) is 0 Å². The van der Waals surface area contributed by atoms with E-state index in [1.165, 1.54) is 4.90 Å². The quantitative estimate of drug-likeness (QED) is 0.549. The monoisotopic (exact) mass is 297 g/mol. The topological polar surface area (TPSA) is 77.0 Å². The van der Waals surface area contributed by atoms with Crippen molar-refractivity contribution in [1.82, 2.24) is 20.4 Å². The molecule has 7 heteroatoms. The van der Waals surface area contributed by atoms with Gasteiger partial charge < -0.3 is 20.4 Å². The van der Waals surface area contributed by atoms with Crippen LogP contribution in [0.3, 0.4) is 0 Å². The van der Waals surface area contributed by atoms with Gasteiger partial charge >= 0.3 is 0 Å². The first kappa shape index (κ1) is 17.3. The van der Waals surface area contributed by atoms with Crippen LogP contribution in [-0.4, -0.2) is 73.9 Å². The zero-order valence-electron chi connectivity index (χ0n) is 13.6. The SMILES string of the molecule is CC(C)NC(=NCC(=O)N(C)C)NC1CCC(=O)N(C)C1. The molecule has 0 saturated carbocycles. The first-order valence-corrected chi connectivity index (χ1v) is 7.31. The zero-order valence-corrected chi connectivity index (χ0v) is 13.6. The van der Waals surface area contributed by atoms with Gasteiger partial charge in [0.25, 0.3) is 0 Å². The molecule has 1 atom stereocenters. The molecule has 2 amide bonds. The first-order valence-electron chi connectivity index (χ1n) is 7.31. The summed E-state index contributed by atoms with van der Waals surface area (Å²) >= 11 is 0. The number of nitrogens with zero attached hydrogens (tertiary/aromatic N) is 3. The van der Waals surface area contributed by atoms with E-state index in [1.54, 1.807) is 26.0 Å². The van der Waals surface area contributed by atoms with Crippen molar-refractivity contribution in [2.45, 2.75) is 38.8 Å². The maximum Gasteiger partial charge on any atom is 0.243 e. The molecule has 1 aliphatic heterocycles. The Labute approximate surface area is 126 Å². The number of carbonyl (C=O) groups excluding carboxylic acids is 2. The lowest BCUT2D eigenvalue weighted by molar-refractivity contribution is -0.132. The summed E-state index contributed by atoms with van der Waals surface area (Å²) in [6, 6.07) is 0.376. The lowest BCUT2D eigenvalue weighted by Gasteiger charge is -2.31. The van der Waals surface area contributed by atoms with Crippen molar-refractivity contribution in [3.05, 3.63) is 0 Å². The number of rotatable bonds is 4. The van der Waals surface area contributed by atoms with Gasteiger partial charge in [0.15, 0.2) is 5.96 Å². The highest BCUT2D eigenvalue weighted by molar-refractivity contribution is 5.85. The van der Waals surface area contributed by atoms with Crippen LogP contribution in [0, 0.1) is 0 Å². The molecule has 0 spiro atoms. The van der Waals surface area contributed by atoms with Crippen molar-refractivity contribution in [2.75, 3.05) is 34.2 Å². The molecule has 1 saturated heterocycles. The Kier molecular flexibility index (Phi) is 6.45. The minimum Gasteiger partial charge on any atom is -0.354 e.